The van der Waals surface area contributed by atoms with Gasteiger partial charge in [0.15, 0.2) is 5.78 Å². The molecule has 0 aliphatic carbocycles. The van der Waals surface area contributed by atoms with Gasteiger partial charge in [-0.2, -0.15) is 0 Å². The van der Waals surface area contributed by atoms with Crippen LogP contribution in [0, 0.1) is 12.7 Å². The Kier molecular flexibility index (Phi) is 4.62. The molecule has 1 aromatic carbocycles. The zero-order chi connectivity index (χ0) is 12.1. The fourth-order valence-electron chi connectivity index (χ4n) is 1.72. The van der Waals surface area contributed by atoms with Crippen LogP contribution in [0.15, 0.2) is 18.2 Å². The van der Waals surface area contributed by atoms with Crippen molar-refractivity contribution >= 4 is 5.78 Å². The van der Waals surface area contributed by atoms with Gasteiger partial charge in [-0.15, -0.1) is 0 Å². The van der Waals surface area contributed by atoms with E-state index in [0.717, 1.165) is 18.4 Å². The van der Waals surface area contributed by atoms with E-state index in [2.05, 4.69) is 0 Å². The van der Waals surface area contributed by atoms with Crippen molar-refractivity contribution in [1.29, 1.82) is 0 Å². The highest BCUT2D eigenvalue weighted by atomic mass is 19.1. The molecule has 1 atom stereocenters. The lowest BCUT2D eigenvalue weighted by molar-refractivity contribution is 0.0972. The Hall–Kier alpha value is -1.22. The quantitative estimate of drug-likeness (QED) is 0.780. The van der Waals surface area contributed by atoms with E-state index in [1.54, 1.807) is 13.0 Å². The molecule has 1 unspecified atom stereocenters. The molecule has 0 aliphatic heterocycles. The molecular formula is C13H18FNO. The third-order valence-corrected chi connectivity index (χ3v) is 2.61. The van der Waals surface area contributed by atoms with Crippen molar-refractivity contribution in [2.45, 2.75) is 39.2 Å². The molecule has 0 amide bonds. The summed E-state index contributed by atoms with van der Waals surface area (Å²) in [6.07, 6.45) is 2.06. The number of carbonyl (C=O) groups excluding carboxylic acids is 1. The molecule has 3 heteroatoms. The van der Waals surface area contributed by atoms with Crippen LogP contribution in [-0.4, -0.2) is 11.8 Å². The molecule has 2 nitrogen and oxygen atoms in total. The Balaban J connectivity index is 2.76. The van der Waals surface area contributed by atoms with E-state index in [1.807, 2.05) is 6.92 Å². The van der Waals surface area contributed by atoms with Crippen LogP contribution in [0.1, 0.15) is 42.1 Å². The fraction of sp³-hybridized carbons (Fsp3) is 0.462. The minimum Gasteiger partial charge on any atom is -0.327 e. The summed E-state index contributed by atoms with van der Waals surface area (Å²) < 4.78 is 13.0. The lowest BCUT2D eigenvalue weighted by Crippen LogP contribution is -2.23. The molecule has 0 aromatic heterocycles. The zero-order valence-corrected chi connectivity index (χ0v) is 9.79. The van der Waals surface area contributed by atoms with Gasteiger partial charge in [0.2, 0.25) is 0 Å². The van der Waals surface area contributed by atoms with Crippen LogP contribution >= 0.6 is 0 Å². The van der Waals surface area contributed by atoms with E-state index in [0.29, 0.717) is 5.56 Å². The highest BCUT2D eigenvalue weighted by molar-refractivity contribution is 5.97. The normalized spacial score (nSPS) is 12.5. The maximum Gasteiger partial charge on any atom is 0.164 e. The fourth-order valence-corrected chi connectivity index (χ4v) is 1.72. The third kappa shape index (κ3) is 3.42. The number of halogens is 1. The van der Waals surface area contributed by atoms with Crippen molar-refractivity contribution in [1.82, 2.24) is 0 Å². The second kappa shape index (κ2) is 5.75. The van der Waals surface area contributed by atoms with Gasteiger partial charge in [0.25, 0.3) is 0 Å². The number of ketones is 1. The second-order valence-electron chi connectivity index (χ2n) is 4.14. The maximum absolute atomic E-state index is 13.0. The number of hydrogen-bond acceptors (Lipinski definition) is 2. The maximum atomic E-state index is 13.0. The molecule has 88 valence electrons. The SMILES string of the molecule is CCCC(N)CC(=O)c1cc(F)ccc1C. The monoisotopic (exact) mass is 223 g/mol. The second-order valence-corrected chi connectivity index (χ2v) is 4.14. The molecule has 16 heavy (non-hydrogen) atoms. The van der Waals surface area contributed by atoms with Gasteiger partial charge in [-0.1, -0.05) is 19.4 Å². The summed E-state index contributed by atoms with van der Waals surface area (Å²) in [6.45, 7) is 3.83. The van der Waals surface area contributed by atoms with E-state index in [-0.39, 0.29) is 24.1 Å². The molecule has 0 heterocycles. The predicted molar refractivity (Wildman–Crippen MR) is 63.0 cm³/mol. The van der Waals surface area contributed by atoms with Crippen LogP contribution < -0.4 is 5.73 Å². The van der Waals surface area contributed by atoms with Gasteiger partial charge in [-0.25, -0.2) is 4.39 Å². The molecule has 0 fully saturated rings. The Labute approximate surface area is 95.7 Å². The van der Waals surface area contributed by atoms with Crippen molar-refractivity contribution < 1.29 is 9.18 Å². The minimum atomic E-state index is -0.377. The topological polar surface area (TPSA) is 43.1 Å². The Morgan fingerprint density at radius 3 is 2.81 bits per heavy atom. The largest absolute Gasteiger partial charge is 0.327 e. The molecule has 0 bridgehead atoms. The van der Waals surface area contributed by atoms with Crippen LogP contribution in [0.5, 0.6) is 0 Å². The van der Waals surface area contributed by atoms with E-state index in [1.165, 1.54) is 12.1 Å². The smallest absolute Gasteiger partial charge is 0.164 e. The van der Waals surface area contributed by atoms with Gasteiger partial charge < -0.3 is 5.73 Å². The summed E-state index contributed by atoms with van der Waals surface area (Å²) in [7, 11) is 0. The van der Waals surface area contributed by atoms with Crippen molar-refractivity contribution in [2.75, 3.05) is 0 Å². The zero-order valence-electron chi connectivity index (χ0n) is 9.79. The Morgan fingerprint density at radius 2 is 2.19 bits per heavy atom. The van der Waals surface area contributed by atoms with E-state index in [4.69, 9.17) is 5.73 Å². The summed E-state index contributed by atoms with van der Waals surface area (Å²) in [5, 5.41) is 0. The minimum absolute atomic E-state index is 0.0713. The molecule has 0 aliphatic rings. The summed E-state index contributed by atoms with van der Waals surface area (Å²) in [6, 6.07) is 4.14. The van der Waals surface area contributed by atoms with Gasteiger partial charge in [-0.05, 0) is 31.0 Å². The van der Waals surface area contributed by atoms with Crippen LogP contribution in [-0.2, 0) is 0 Å². The van der Waals surface area contributed by atoms with Crippen molar-refractivity contribution in [3.05, 3.63) is 35.1 Å². The van der Waals surface area contributed by atoms with Gasteiger partial charge in [0.05, 0.1) is 0 Å². The first kappa shape index (κ1) is 12.8. The Bertz CT molecular complexity index is 376. The average molecular weight is 223 g/mol. The molecule has 1 aromatic rings. The number of Topliss-reactive ketones (excluding diaryl/α,β-unsaturated/α-hetero) is 1. The number of nitrogens with two attached hydrogens (primary N) is 1. The molecule has 1 rings (SSSR count). The van der Waals surface area contributed by atoms with Gasteiger partial charge in [0, 0.05) is 18.0 Å². The van der Waals surface area contributed by atoms with Crippen LogP contribution in [0.3, 0.4) is 0 Å². The number of benzene rings is 1. The summed E-state index contributed by atoms with van der Waals surface area (Å²) >= 11 is 0. The molecule has 0 saturated heterocycles. The van der Waals surface area contributed by atoms with Crippen LogP contribution in [0.25, 0.3) is 0 Å². The van der Waals surface area contributed by atoms with E-state index in [9.17, 15) is 9.18 Å². The van der Waals surface area contributed by atoms with Crippen molar-refractivity contribution in [3.8, 4) is 0 Å². The molecule has 0 radical (unpaired) electrons. The lowest BCUT2D eigenvalue weighted by Gasteiger charge is -2.10. The first-order chi connectivity index (χ1) is 7.54. The number of aryl methyl sites for hydroxylation is 1. The summed E-state index contributed by atoms with van der Waals surface area (Å²) in [4.78, 5) is 11.9. The average Bonchev–Trinajstić information content (AvgIpc) is 2.21. The first-order valence-corrected chi connectivity index (χ1v) is 5.59. The third-order valence-electron chi connectivity index (χ3n) is 2.61. The molecule has 0 spiro atoms. The van der Waals surface area contributed by atoms with E-state index < -0.39 is 0 Å². The van der Waals surface area contributed by atoms with Crippen molar-refractivity contribution in [3.63, 3.8) is 0 Å². The Morgan fingerprint density at radius 1 is 1.50 bits per heavy atom. The molecular weight excluding hydrogens is 205 g/mol. The van der Waals surface area contributed by atoms with Crippen LogP contribution in [0.2, 0.25) is 0 Å². The van der Waals surface area contributed by atoms with Crippen LogP contribution in [0.4, 0.5) is 4.39 Å². The predicted octanol–water partition coefficient (Wildman–Crippen LogP) is 2.83. The van der Waals surface area contributed by atoms with Crippen molar-refractivity contribution in [2.24, 2.45) is 5.73 Å². The number of hydrogen-bond donors (Lipinski definition) is 1. The number of carbonyl (C=O) groups is 1. The molecule has 0 saturated carbocycles. The molecule has 2 N–H and O–H groups in total. The van der Waals surface area contributed by atoms with Gasteiger partial charge >= 0.3 is 0 Å². The highest BCUT2D eigenvalue weighted by Gasteiger charge is 2.13. The summed E-state index contributed by atoms with van der Waals surface area (Å²) in [5.41, 5.74) is 7.05. The van der Waals surface area contributed by atoms with E-state index >= 15 is 0 Å². The highest BCUT2D eigenvalue weighted by Crippen LogP contribution is 2.14. The van der Waals surface area contributed by atoms with Gasteiger partial charge in [-0.3, -0.25) is 4.79 Å². The first-order valence-electron chi connectivity index (χ1n) is 5.59. The standard InChI is InChI=1S/C13H18FNO/c1-3-4-11(15)8-13(16)12-7-10(14)6-5-9(12)2/h5-7,11H,3-4,8,15H2,1-2H3. The summed E-state index contributed by atoms with van der Waals surface area (Å²) in [5.74, 6) is -0.448. The number of rotatable bonds is 5. The lowest BCUT2D eigenvalue weighted by atomic mass is 9.98. The van der Waals surface area contributed by atoms with Gasteiger partial charge in [0.1, 0.15) is 5.82 Å².